The van der Waals surface area contributed by atoms with E-state index in [1.165, 1.54) is 57.8 Å². The molecule has 18 heavy (non-hydrogen) atoms. The maximum Gasteiger partial charge on any atom is 0.0178 e. The third kappa shape index (κ3) is 7.38. The molecule has 0 amide bonds. The van der Waals surface area contributed by atoms with Crippen molar-refractivity contribution in [2.45, 2.75) is 84.1 Å². The molecule has 0 aromatic rings. The Morgan fingerprint density at radius 1 is 0.889 bits per heavy atom. The van der Waals surface area contributed by atoms with Crippen molar-refractivity contribution in [2.24, 2.45) is 5.73 Å². The number of unbranched alkanes of at least 4 members (excludes halogenated alkanes) is 5. The Bertz CT molecular complexity index is 182. The molecule has 2 nitrogen and oxygen atoms in total. The van der Waals surface area contributed by atoms with E-state index < -0.39 is 0 Å². The van der Waals surface area contributed by atoms with Crippen LogP contribution < -0.4 is 5.73 Å². The molecular formula is C16H36N2. The van der Waals surface area contributed by atoms with Gasteiger partial charge in [-0.25, -0.2) is 0 Å². The van der Waals surface area contributed by atoms with Crippen molar-refractivity contribution < 1.29 is 0 Å². The molecule has 2 N–H and O–H groups in total. The van der Waals surface area contributed by atoms with Crippen molar-refractivity contribution >= 4 is 0 Å². The Kier molecular flexibility index (Phi) is 10.8. The normalized spacial score (nSPS) is 15.0. The van der Waals surface area contributed by atoms with Gasteiger partial charge in [0.1, 0.15) is 0 Å². The third-order valence-electron chi connectivity index (χ3n) is 4.27. The summed E-state index contributed by atoms with van der Waals surface area (Å²) in [7, 11) is 2.25. The van der Waals surface area contributed by atoms with Gasteiger partial charge in [0.15, 0.2) is 0 Å². The van der Waals surface area contributed by atoms with E-state index in [0.717, 1.165) is 13.1 Å². The quantitative estimate of drug-likeness (QED) is 0.531. The highest BCUT2D eigenvalue weighted by Gasteiger charge is 2.27. The lowest BCUT2D eigenvalue weighted by atomic mass is 9.87. The highest BCUT2D eigenvalue weighted by Crippen LogP contribution is 2.27. The summed E-state index contributed by atoms with van der Waals surface area (Å²) >= 11 is 0. The second-order valence-corrected chi connectivity index (χ2v) is 5.97. The molecule has 110 valence electrons. The summed E-state index contributed by atoms with van der Waals surface area (Å²) in [5, 5.41) is 0. The van der Waals surface area contributed by atoms with Crippen molar-refractivity contribution in [1.29, 1.82) is 0 Å². The van der Waals surface area contributed by atoms with Crippen LogP contribution in [0.2, 0.25) is 0 Å². The number of rotatable bonds is 12. The van der Waals surface area contributed by atoms with Gasteiger partial charge in [0, 0.05) is 18.6 Å². The molecular weight excluding hydrogens is 220 g/mol. The third-order valence-corrected chi connectivity index (χ3v) is 4.27. The summed E-state index contributed by atoms with van der Waals surface area (Å²) in [4.78, 5) is 2.49. The summed E-state index contributed by atoms with van der Waals surface area (Å²) < 4.78 is 0. The molecule has 0 fully saturated rings. The first kappa shape index (κ1) is 17.9. The summed E-state index contributed by atoms with van der Waals surface area (Å²) in [5.74, 6) is 0. The average Bonchev–Trinajstić information content (AvgIpc) is 2.35. The fourth-order valence-electron chi connectivity index (χ4n) is 2.66. The Morgan fingerprint density at radius 2 is 1.39 bits per heavy atom. The van der Waals surface area contributed by atoms with Crippen LogP contribution in [0, 0.1) is 0 Å². The first-order valence-corrected chi connectivity index (χ1v) is 8.02. The maximum absolute atomic E-state index is 5.72. The molecule has 0 rings (SSSR count). The second-order valence-electron chi connectivity index (χ2n) is 5.97. The smallest absolute Gasteiger partial charge is 0.0178 e. The Hall–Kier alpha value is -0.0800. The van der Waals surface area contributed by atoms with E-state index in [0.29, 0.717) is 5.54 Å². The molecule has 1 unspecified atom stereocenters. The van der Waals surface area contributed by atoms with E-state index in [1.54, 1.807) is 0 Å². The Labute approximate surface area is 115 Å². The van der Waals surface area contributed by atoms with Crippen molar-refractivity contribution in [3.05, 3.63) is 0 Å². The topological polar surface area (TPSA) is 29.3 Å². The van der Waals surface area contributed by atoms with Crippen LogP contribution in [0.3, 0.4) is 0 Å². The first-order valence-electron chi connectivity index (χ1n) is 8.02. The van der Waals surface area contributed by atoms with E-state index in [9.17, 15) is 0 Å². The lowest BCUT2D eigenvalue weighted by molar-refractivity contribution is 0.113. The first-order chi connectivity index (χ1) is 8.60. The van der Waals surface area contributed by atoms with Gasteiger partial charge < -0.3 is 5.73 Å². The summed E-state index contributed by atoms with van der Waals surface area (Å²) in [6, 6.07) is 0. The summed E-state index contributed by atoms with van der Waals surface area (Å²) in [5.41, 5.74) is 6.08. The monoisotopic (exact) mass is 256 g/mol. The van der Waals surface area contributed by atoms with Crippen molar-refractivity contribution in [1.82, 2.24) is 4.90 Å². The molecule has 0 saturated heterocycles. The molecule has 0 bridgehead atoms. The Morgan fingerprint density at radius 3 is 1.89 bits per heavy atom. The van der Waals surface area contributed by atoms with Crippen LogP contribution in [0.15, 0.2) is 0 Å². The minimum atomic E-state index is 0.363. The van der Waals surface area contributed by atoms with Crippen molar-refractivity contribution in [3.63, 3.8) is 0 Å². The zero-order chi connectivity index (χ0) is 13.9. The van der Waals surface area contributed by atoms with Crippen LogP contribution in [-0.4, -0.2) is 30.6 Å². The van der Waals surface area contributed by atoms with Crippen LogP contribution in [0.1, 0.15) is 78.6 Å². The molecule has 0 saturated carbocycles. The van der Waals surface area contributed by atoms with Gasteiger partial charge >= 0.3 is 0 Å². The minimum Gasteiger partial charge on any atom is -0.329 e. The van der Waals surface area contributed by atoms with Crippen molar-refractivity contribution in [2.75, 3.05) is 20.1 Å². The van der Waals surface area contributed by atoms with E-state index in [1.807, 2.05) is 0 Å². The number of nitrogens with zero attached hydrogens (tertiary/aromatic N) is 1. The van der Waals surface area contributed by atoms with E-state index in [-0.39, 0.29) is 0 Å². The molecule has 0 aromatic heterocycles. The van der Waals surface area contributed by atoms with E-state index in [4.69, 9.17) is 5.73 Å². The molecule has 0 heterocycles. The number of likely N-dealkylation sites (N-methyl/N-ethyl adjacent to an activating group) is 1. The van der Waals surface area contributed by atoms with Gasteiger partial charge in [-0.15, -0.1) is 0 Å². The van der Waals surface area contributed by atoms with Crippen LogP contribution in [0.25, 0.3) is 0 Å². The summed E-state index contributed by atoms with van der Waals surface area (Å²) in [6.07, 6.45) is 12.1. The largest absolute Gasteiger partial charge is 0.329 e. The van der Waals surface area contributed by atoms with Gasteiger partial charge in [0.2, 0.25) is 0 Å². The molecule has 0 aliphatic heterocycles. The lowest BCUT2D eigenvalue weighted by Crippen LogP contribution is -2.46. The van der Waals surface area contributed by atoms with Gasteiger partial charge in [0.25, 0.3) is 0 Å². The average molecular weight is 256 g/mol. The molecule has 0 aliphatic rings. The molecule has 0 spiro atoms. The zero-order valence-corrected chi connectivity index (χ0v) is 13.3. The van der Waals surface area contributed by atoms with Crippen LogP contribution in [0.4, 0.5) is 0 Å². The van der Waals surface area contributed by atoms with Gasteiger partial charge in [-0.1, -0.05) is 58.8 Å². The molecule has 2 heteroatoms. The van der Waals surface area contributed by atoms with Crippen LogP contribution >= 0.6 is 0 Å². The highest BCUT2D eigenvalue weighted by atomic mass is 15.2. The summed E-state index contributed by atoms with van der Waals surface area (Å²) in [6.45, 7) is 8.79. The molecule has 0 aromatic carbocycles. The standard InChI is InChI=1S/C16H36N2/c1-5-7-9-11-13-16(3,12-10-8-6-2)18(4)15-14-17/h5-15,17H2,1-4H3. The fraction of sp³-hybridized carbons (Fsp3) is 1.00. The van der Waals surface area contributed by atoms with Gasteiger partial charge in [-0.05, 0) is 26.8 Å². The van der Waals surface area contributed by atoms with Crippen LogP contribution in [-0.2, 0) is 0 Å². The highest BCUT2D eigenvalue weighted by molar-refractivity contribution is 4.84. The number of hydrogen-bond acceptors (Lipinski definition) is 2. The van der Waals surface area contributed by atoms with Gasteiger partial charge in [-0.3, -0.25) is 4.90 Å². The number of nitrogens with two attached hydrogens (primary N) is 1. The maximum atomic E-state index is 5.72. The predicted molar refractivity (Wildman–Crippen MR) is 83.0 cm³/mol. The van der Waals surface area contributed by atoms with Gasteiger partial charge in [-0.2, -0.15) is 0 Å². The second kappa shape index (κ2) is 10.8. The molecule has 0 aliphatic carbocycles. The van der Waals surface area contributed by atoms with Gasteiger partial charge in [0.05, 0.1) is 0 Å². The van der Waals surface area contributed by atoms with Crippen molar-refractivity contribution in [3.8, 4) is 0 Å². The fourth-order valence-corrected chi connectivity index (χ4v) is 2.66. The number of hydrogen-bond donors (Lipinski definition) is 1. The van der Waals surface area contributed by atoms with Crippen LogP contribution in [0.5, 0.6) is 0 Å². The predicted octanol–water partition coefficient (Wildman–Crippen LogP) is 4.19. The zero-order valence-electron chi connectivity index (χ0n) is 13.3. The molecule has 0 radical (unpaired) electrons. The SMILES string of the molecule is CCCCCCC(C)(CCCCC)N(C)CCN. The van der Waals surface area contributed by atoms with E-state index in [2.05, 4.69) is 32.7 Å². The van der Waals surface area contributed by atoms with E-state index >= 15 is 0 Å². The molecule has 1 atom stereocenters. The minimum absolute atomic E-state index is 0.363. The Balaban J connectivity index is 4.19. The lowest BCUT2D eigenvalue weighted by Gasteiger charge is -2.39.